The number of hydrogen-bond donors (Lipinski definition) is 2. The predicted octanol–water partition coefficient (Wildman–Crippen LogP) is 4.25. The Labute approximate surface area is 158 Å². The molecule has 146 valence electrons. The number of allylic oxidation sites excluding steroid dienone is 4. The van der Waals surface area contributed by atoms with Crippen molar-refractivity contribution in [2.75, 3.05) is 0 Å². The summed E-state index contributed by atoms with van der Waals surface area (Å²) >= 11 is 0. The van der Waals surface area contributed by atoms with E-state index in [9.17, 15) is 15.0 Å². The molecule has 0 saturated carbocycles. The van der Waals surface area contributed by atoms with E-state index in [1.807, 2.05) is 19.9 Å². The summed E-state index contributed by atoms with van der Waals surface area (Å²) in [7, 11) is 0. The molecular formula is C22H34O4. The van der Waals surface area contributed by atoms with Gasteiger partial charge in [-0.2, -0.15) is 0 Å². The van der Waals surface area contributed by atoms with Crippen LogP contribution in [0.25, 0.3) is 0 Å². The third kappa shape index (κ3) is 7.30. The number of ether oxygens (including phenoxy) is 1. The van der Waals surface area contributed by atoms with E-state index < -0.39 is 12.2 Å². The highest BCUT2D eigenvalue weighted by Gasteiger charge is 2.22. The maximum atomic E-state index is 11.6. The Balaban J connectivity index is 3.32. The van der Waals surface area contributed by atoms with Crippen molar-refractivity contribution in [3.63, 3.8) is 0 Å². The summed E-state index contributed by atoms with van der Waals surface area (Å²) in [5, 5.41) is 20.6. The molecule has 0 aromatic carbocycles. The number of esters is 1. The summed E-state index contributed by atoms with van der Waals surface area (Å²) in [5.74, 6) is -0.0997. The lowest BCUT2D eigenvalue weighted by Gasteiger charge is -2.24. The molecule has 0 spiro atoms. The van der Waals surface area contributed by atoms with E-state index in [4.69, 9.17) is 4.74 Å². The minimum absolute atomic E-state index is 0.224. The number of carbonyl (C=O) groups is 1. The van der Waals surface area contributed by atoms with E-state index in [2.05, 4.69) is 32.9 Å². The van der Waals surface area contributed by atoms with E-state index in [1.54, 1.807) is 6.08 Å². The zero-order valence-electron chi connectivity index (χ0n) is 17.0. The van der Waals surface area contributed by atoms with E-state index in [-0.39, 0.29) is 18.0 Å². The van der Waals surface area contributed by atoms with Crippen LogP contribution in [-0.2, 0) is 9.53 Å². The maximum absolute atomic E-state index is 11.6. The molecule has 1 unspecified atom stereocenters. The van der Waals surface area contributed by atoms with Gasteiger partial charge in [0.05, 0.1) is 0 Å². The second-order valence-corrected chi connectivity index (χ2v) is 7.57. The second kappa shape index (κ2) is 10.5. The molecule has 0 heterocycles. The molecule has 3 atom stereocenters. The Kier molecular flexibility index (Phi) is 9.03. The van der Waals surface area contributed by atoms with Crippen LogP contribution in [0.1, 0.15) is 60.8 Å². The number of hydrogen-bond acceptors (Lipinski definition) is 4. The summed E-state index contributed by atoms with van der Waals surface area (Å²) in [6.45, 7) is 11.4. The number of aliphatic hydroxyl groups is 2. The van der Waals surface area contributed by atoms with Crippen LogP contribution in [0.3, 0.4) is 0 Å². The first-order valence-corrected chi connectivity index (χ1v) is 9.36. The SMILES string of the molecule is CC(=O)OC1C/C(C)=C/[C@@H](O)[C@@H](O)/C(C)=C/CC/C(C)=C/C=C/1C(C)C. The van der Waals surface area contributed by atoms with Gasteiger partial charge in [-0.05, 0) is 50.7 Å². The summed E-state index contributed by atoms with van der Waals surface area (Å²) in [6, 6.07) is 0. The predicted molar refractivity (Wildman–Crippen MR) is 106 cm³/mol. The fraction of sp³-hybridized carbons (Fsp3) is 0.591. The lowest BCUT2D eigenvalue weighted by molar-refractivity contribution is -0.144. The monoisotopic (exact) mass is 362 g/mol. The standard InChI is InChI=1S/C22H34O4/c1-14(2)19-11-10-15(3)8-7-9-17(5)22(25)20(24)12-16(4)13-21(19)26-18(6)23/h9-12,14,20-22,24-25H,7-8,13H2,1-6H3/b15-10+,16-12+,17-9+,19-11+/t20-,21?,22+/m1/s1. The molecule has 1 aliphatic carbocycles. The van der Waals surface area contributed by atoms with Gasteiger partial charge in [0.25, 0.3) is 0 Å². The minimum Gasteiger partial charge on any atom is -0.458 e. The summed E-state index contributed by atoms with van der Waals surface area (Å²) in [4.78, 5) is 11.6. The molecule has 26 heavy (non-hydrogen) atoms. The van der Waals surface area contributed by atoms with Crippen LogP contribution < -0.4 is 0 Å². The number of aliphatic hydroxyl groups excluding tert-OH is 2. The topological polar surface area (TPSA) is 66.8 Å². The van der Waals surface area contributed by atoms with Gasteiger partial charge in [0, 0.05) is 13.3 Å². The van der Waals surface area contributed by atoms with Gasteiger partial charge in [0.2, 0.25) is 0 Å². The first-order chi connectivity index (χ1) is 12.1. The van der Waals surface area contributed by atoms with Crippen molar-refractivity contribution >= 4 is 5.97 Å². The zero-order chi connectivity index (χ0) is 19.9. The van der Waals surface area contributed by atoms with E-state index in [0.717, 1.165) is 29.6 Å². The van der Waals surface area contributed by atoms with Crippen molar-refractivity contribution in [2.45, 2.75) is 79.1 Å². The number of rotatable bonds is 2. The van der Waals surface area contributed by atoms with Gasteiger partial charge in [0.15, 0.2) is 0 Å². The average Bonchev–Trinajstić information content (AvgIpc) is 2.52. The molecule has 0 aromatic heterocycles. The highest BCUT2D eigenvalue weighted by Crippen LogP contribution is 2.25. The van der Waals surface area contributed by atoms with Gasteiger partial charge in [-0.1, -0.05) is 49.3 Å². The molecular weight excluding hydrogens is 328 g/mol. The average molecular weight is 363 g/mol. The van der Waals surface area contributed by atoms with Crippen LogP contribution in [0.2, 0.25) is 0 Å². The van der Waals surface area contributed by atoms with Crippen molar-refractivity contribution < 1.29 is 19.7 Å². The molecule has 0 aliphatic heterocycles. The zero-order valence-corrected chi connectivity index (χ0v) is 17.0. The largest absolute Gasteiger partial charge is 0.458 e. The Bertz CT molecular complexity index is 608. The van der Waals surface area contributed by atoms with Gasteiger partial charge < -0.3 is 14.9 Å². The van der Waals surface area contributed by atoms with Crippen molar-refractivity contribution in [1.29, 1.82) is 0 Å². The quantitative estimate of drug-likeness (QED) is 0.569. The Hall–Kier alpha value is -1.65. The van der Waals surface area contributed by atoms with Gasteiger partial charge in [0.1, 0.15) is 18.3 Å². The second-order valence-electron chi connectivity index (χ2n) is 7.57. The molecule has 0 fully saturated rings. The summed E-state index contributed by atoms with van der Waals surface area (Å²) in [6.07, 6.45) is 7.67. The normalized spacial score (nSPS) is 34.3. The van der Waals surface area contributed by atoms with Crippen LogP contribution in [0.5, 0.6) is 0 Å². The Morgan fingerprint density at radius 2 is 1.81 bits per heavy atom. The fourth-order valence-electron chi connectivity index (χ4n) is 3.08. The molecule has 1 aliphatic rings. The molecule has 1 rings (SSSR count). The van der Waals surface area contributed by atoms with Crippen LogP contribution in [0.15, 0.2) is 46.6 Å². The smallest absolute Gasteiger partial charge is 0.303 e. The van der Waals surface area contributed by atoms with E-state index in [0.29, 0.717) is 6.42 Å². The molecule has 0 amide bonds. The van der Waals surface area contributed by atoms with Crippen molar-refractivity contribution in [3.8, 4) is 0 Å². The van der Waals surface area contributed by atoms with E-state index >= 15 is 0 Å². The van der Waals surface area contributed by atoms with Gasteiger partial charge in [-0.25, -0.2) is 0 Å². The molecule has 4 nitrogen and oxygen atoms in total. The van der Waals surface area contributed by atoms with Crippen LogP contribution in [0, 0.1) is 5.92 Å². The third-order valence-electron chi connectivity index (χ3n) is 4.66. The molecule has 0 radical (unpaired) electrons. The highest BCUT2D eigenvalue weighted by atomic mass is 16.5. The Morgan fingerprint density at radius 1 is 1.15 bits per heavy atom. The first kappa shape index (κ1) is 22.4. The lowest BCUT2D eigenvalue weighted by atomic mass is 9.91. The lowest BCUT2D eigenvalue weighted by Crippen LogP contribution is -2.26. The van der Waals surface area contributed by atoms with Gasteiger partial charge in [-0.15, -0.1) is 0 Å². The maximum Gasteiger partial charge on any atom is 0.303 e. The Morgan fingerprint density at radius 3 is 2.38 bits per heavy atom. The van der Waals surface area contributed by atoms with Crippen molar-refractivity contribution in [3.05, 3.63) is 46.6 Å². The van der Waals surface area contributed by atoms with Crippen molar-refractivity contribution in [1.82, 2.24) is 0 Å². The van der Waals surface area contributed by atoms with Crippen molar-refractivity contribution in [2.24, 2.45) is 5.92 Å². The minimum atomic E-state index is -0.977. The third-order valence-corrected chi connectivity index (χ3v) is 4.66. The van der Waals surface area contributed by atoms with Crippen LogP contribution in [0.4, 0.5) is 0 Å². The highest BCUT2D eigenvalue weighted by molar-refractivity contribution is 5.66. The molecule has 0 bridgehead atoms. The molecule has 4 heteroatoms. The molecule has 0 aromatic rings. The molecule has 0 saturated heterocycles. The van der Waals surface area contributed by atoms with Gasteiger partial charge in [-0.3, -0.25) is 4.79 Å². The van der Waals surface area contributed by atoms with Crippen LogP contribution in [-0.4, -0.2) is 34.5 Å². The number of carbonyl (C=O) groups excluding carboxylic acids is 1. The first-order valence-electron chi connectivity index (χ1n) is 9.36. The van der Waals surface area contributed by atoms with Gasteiger partial charge >= 0.3 is 5.97 Å². The van der Waals surface area contributed by atoms with Crippen LogP contribution >= 0.6 is 0 Å². The summed E-state index contributed by atoms with van der Waals surface area (Å²) in [5.41, 5.74) is 3.90. The molecule has 2 N–H and O–H groups in total. The van der Waals surface area contributed by atoms with E-state index in [1.165, 1.54) is 12.5 Å². The summed E-state index contributed by atoms with van der Waals surface area (Å²) < 4.78 is 5.58. The fourth-order valence-corrected chi connectivity index (χ4v) is 3.08.